The van der Waals surface area contributed by atoms with Crippen molar-refractivity contribution in [2.75, 3.05) is 5.88 Å². The van der Waals surface area contributed by atoms with Crippen LogP contribution in [0.1, 0.15) is 11.4 Å². The number of rotatable bonds is 4. The van der Waals surface area contributed by atoms with Crippen molar-refractivity contribution in [1.29, 1.82) is 0 Å². The van der Waals surface area contributed by atoms with E-state index in [-0.39, 0.29) is 0 Å². The predicted octanol–water partition coefficient (Wildman–Crippen LogP) is 3.42. The minimum Gasteiger partial charge on any atom is -0.252 e. The molecule has 2 heterocycles. The van der Waals surface area contributed by atoms with E-state index in [9.17, 15) is 0 Å². The SMILES string of the molecule is ClCCCc1nnc(-c2ccc(Cl)cn2)s1. The van der Waals surface area contributed by atoms with Gasteiger partial charge in [-0.15, -0.1) is 21.8 Å². The maximum atomic E-state index is 5.76. The van der Waals surface area contributed by atoms with Crippen molar-refractivity contribution in [2.24, 2.45) is 0 Å². The maximum Gasteiger partial charge on any atom is 0.166 e. The molecule has 0 N–H and O–H groups in total. The Balaban J connectivity index is 2.15. The number of alkyl halides is 1. The van der Waals surface area contributed by atoms with Crippen molar-refractivity contribution < 1.29 is 0 Å². The van der Waals surface area contributed by atoms with Crippen LogP contribution in [0.2, 0.25) is 5.02 Å². The molecule has 0 bridgehead atoms. The third kappa shape index (κ3) is 2.90. The van der Waals surface area contributed by atoms with E-state index in [0.29, 0.717) is 10.9 Å². The summed E-state index contributed by atoms with van der Waals surface area (Å²) in [4.78, 5) is 4.19. The van der Waals surface area contributed by atoms with Crippen LogP contribution in [-0.4, -0.2) is 21.1 Å². The highest BCUT2D eigenvalue weighted by atomic mass is 35.5. The van der Waals surface area contributed by atoms with E-state index in [0.717, 1.165) is 28.6 Å². The molecule has 0 saturated carbocycles. The Labute approximate surface area is 107 Å². The fourth-order valence-electron chi connectivity index (χ4n) is 1.18. The quantitative estimate of drug-likeness (QED) is 0.802. The summed E-state index contributed by atoms with van der Waals surface area (Å²) in [5.74, 6) is 0.647. The zero-order valence-corrected chi connectivity index (χ0v) is 10.7. The van der Waals surface area contributed by atoms with Gasteiger partial charge in [0.05, 0.1) is 5.02 Å². The lowest BCUT2D eigenvalue weighted by molar-refractivity contribution is 0.883. The van der Waals surface area contributed by atoms with Gasteiger partial charge in [-0.05, 0) is 18.6 Å². The van der Waals surface area contributed by atoms with E-state index in [1.807, 2.05) is 6.07 Å². The van der Waals surface area contributed by atoms with E-state index < -0.39 is 0 Å². The third-order valence-electron chi connectivity index (χ3n) is 1.94. The molecule has 0 saturated heterocycles. The molecule has 0 aliphatic heterocycles. The Morgan fingerprint density at radius 3 is 2.81 bits per heavy atom. The zero-order chi connectivity index (χ0) is 11.4. The Morgan fingerprint density at radius 2 is 2.12 bits per heavy atom. The first-order chi connectivity index (χ1) is 7.79. The molecule has 0 aliphatic carbocycles. The van der Waals surface area contributed by atoms with E-state index in [4.69, 9.17) is 23.2 Å². The Kier molecular flexibility index (Phi) is 4.09. The van der Waals surface area contributed by atoms with Gasteiger partial charge in [-0.25, -0.2) is 0 Å². The van der Waals surface area contributed by atoms with Gasteiger partial charge >= 0.3 is 0 Å². The predicted molar refractivity (Wildman–Crippen MR) is 67.2 cm³/mol. The second kappa shape index (κ2) is 5.57. The molecule has 6 heteroatoms. The van der Waals surface area contributed by atoms with Crippen molar-refractivity contribution in [3.05, 3.63) is 28.4 Å². The number of pyridine rings is 1. The molecule has 0 unspecified atom stereocenters. The summed E-state index contributed by atoms with van der Waals surface area (Å²) >= 11 is 12.9. The van der Waals surface area contributed by atoms with Crippen LogP contribution < -0.4 is 0 Å². The minimum absolute atomic E-state index is 0.621. The van der Waals surface area contributed by atoms with Crippen LogP contribution >= 0.6 is 34.5 Å². The highest BCUT2D eigenvalue weighted by Gasteiger charge is 2.07. The van der Waals surface area contributed by atoms with Gasteiger partial charge in [0, 0.05) is 18.5 Å². The summed E-state index contributed by atoms with van der Waals surface area (Å²) in [7, 11) is 0. The van der Waals surface area contributed by atoms with Crippen LogP contribution in [0.5, 0.6) is 0 Å². The maximum absolute atomic E-state index is 5.76. The molecule has 2 aromatic rings. The van der Waals surface area contributed by atoms with Gasteiger partial charge in [0.2, 0.25) is 0 Å². The number of aromatic nitrogens is 3. The van der Waals surface area contributed by atoms with Crippen LogP contribution in [0.25, 0.3) is 10.7 Å². The van der Waals surface area contributed by atoms with Crippen molar-refractivity contribution in [3.8, 4) is 10.7 Å². The molecule has 0 aromatic carbocycles. The molecule has 16 heavy (non-hydrogen) atoms. The number of aryl methyl sites for hydroxylation is 1. The van der Waals surface area contributed by atoms with Crippen molar-refractivity contribution >= 4 is 34.5 Å². The lowest BCUT2D eigenvalue weighted by Crippen LogP contribution is -1.84. The summed E-state index contributed by atoms with van der Waals surface area (Å²) in [6.45, 7) is 0. The summed E-state index contributed by atoms with van der Waals surface area (Å²) in [6.07, 6.45) is 3.40. The monoisotopic (exact) mass is 273 g/mol. The molecule has 0 atom stereocenters. The van der Waals surface area contributed by atoms with Gasteiger partial charge in [-0.3, -0.25) is 4.98 Å². The van der Waals surface area contributed by atoms with E-state index in [1.54, 1.807) is 23.6 Å². The first kappa shape index (κ1) is 11.8. The number of hydrogen-bond acceptors (Lipinski definition) is 4. The molecule has 0 radical (unpaired) electrons. The number of nitrogens with zero attached hydrogens (tertiary/aromatic N) is 3. The normalized spacial score (nSPS) is 10.6. The average molecular weight is 274 g/mol. The summed E-state index contributed by atoms with van der Waals surface area (Å²) in [6, 6.07) is 3.64. The van der Waals surface area contributed by atoms with Crippen LogP contribution in [0.3, 0.4) is 0 Å². The fraction of sp³-hybridized carbons (Fsp3) is 0.300. The molecule has 0 aliphatic rings. The Bertz CT molecular complexity index is 455. The van der Waals surface area contributed by atoms with Crippen molar-refractivity contribution in [2.45, 2.75) is 12.8 Å². The third-order valence-corrected chi connectivity index (χ3v) is 3.43. The second-order valence-corrected chi connectivity index (χ2v) is 5.03. The fourth-order valence-corrected chi connectivity index (χ4v) is 2.28. The van der Waals surface area contributed by atoms with Crippen LogP contribution in [0, 0.1) is 0 Å². The van der Waals surface area contributed by atoms with Crippen LogP contribution in [-0.2, 0) is 6.42 Å². The van der Waals surface area contributed by atoms with Gasteiger partial charge in [-0.2, -0.15) is 0 Å². The van der Waals surface area contributed by atoms with Gasteiger partial charge in [-0.1, -0.05) is 22.9 Å². The lowest BCUT2D eigenvalue weighted by Gasteiger charge is -1.93. The molecule has 0 spiro atoms. The minimum atomic E-state index is 0.621. The zero-order valence-electron chi connectivity index (χ0n) is 8.36. The van der Waals surface area contributed by atoms with Gasteiger partial charge in [0.25, 0.3) is 0 Å². The van der Waals surface area contributed by atoms with E-state index in [1.165, 1.54) is 0 Å². The van der Waals surface area contributed by atoms with Gasteiger partial charge in [0.1, 0.15) is 10.7 Å². The average Bonchev–Trinajstić information content (AvgIpc) is 2.76. The second-order valence-electron chi connectivity index (χ2n) is 3.16. The van der Waals surface area contributed by atoms with E-state index in [2.05, 4.69) is 15.2 Å². The molecule has 84 valence electrons. The van der Waals surface area contributed by atoms with Crippen molar-refractivity contribution in [3.63, 3.8) is 0 Å². The highest BCUT2D eigenvalue weighted by molar-refractivity contribution is 7.14. The van der Waals surface area contributed by atoms with Gasteiger partial charge in [0.15, 0.2) is 5.01 Å². The lowest BCUT2D eigenvalue weighted by atomic mass is 10.4. The van der Waals surface area contributed by atoms with Crippen LogP contribution in [0.15, 0.2) is 18.3 Å². The van der Waals surface area contributed by atoms with Crippen LogP contribution in [0.4, 0.5) is 0 Å². The molecule has 3 nitrogen and oxygen atoms in total. The molecule has 0 fully saturated rings. The molecule has 2 rings (SSSR count). The summed E-state index contributed by atoms with van der Waals surface area (Å²) < 4.78 is 0. The molecule has 0 amide bonds. The van der Waals surface area contributed by atoms with Crippen molar-refractivity contribution in [1.82, 2.24) is 15.2 Å². The Morgan fingerprint density at radius 1 is 1.25 bits per heavy atom. The first-order valence-electron chi connectivity index (χ1n) is 4.80. The largest absolute Gasteiger partial charge is 0.252 e. The molecular weight excluding hydrogens is 265 g/mol. The molecular formula is C10H9Cl2N3S. The number of halogens is 2. The summed E-state index contributed by atoms with van der Waals surface area (Å²) in [5.41, 5.74) is 0.805. The first-order valence-corrected chi connectivity index (χ1v) is 6.53. The standard InChI is InChI=1S/C10H9Cl2N3S/c11-5-1-2-9-14-15-10(16-9)8-4-3-7(12)6-13-8/h3-4,6H,1-2,5H2. The smallest absolute Gasteiger partial charge is 0.166 e. The topological polar surface area (TPSA) is 38.7 Å². The Hall–Kier alpha value is -0.710. The van der Waals surface area contributed by atoms with Gasteiger partial charge < -0.3 is 0 Å². The molecule has 2 aromatic heterocycles. The highest BCUT2D eigenvalue weighted by Crippen LogP contribution is 2.23. The van der Waals surface area contributed by atoms with E-state index >= 15 is 0 Å². The summed E-state index contributed by atoms with van der Waals surface area (Å²) in [5, 5.41) is 10.6. The number of hydrogen-bond donors (Lipinski definition) is 0.